The molecule has 1 heterocycles. The van der Waals surface area contributed by atoms with E-state index in [0.29, 0.717) is 17.4 Å². The molecule has 0 N–H and O–H groups in total. The van der Waals surface area contributed by atoms with Gasteiger partial charge in [-0.15, -0.1) is 0 Å². The van der Waals surface area contributed by atoms with Crippen molar-refractivity contribution in [2.75, 3.05) is 0 Å². The van der Waals surface area contributed by atoms with Crippen molar-refractivity contribution < 1.29 is 17.7 Å². The van der Waals surface area contributed by atoms with E-state index >= 15 is 0 Å². The molecule has 0 aliphatic heterocycles. The van der Waals surface area contributed by atoms with Gasteiger partial charge in [-0.1, -0.05) is 60.5 Å². The number of benzene rings is 2. The lowest BCUT2D eigenvalue weighted by molar-refractivity contribution is -0.137. The van der Waals surface area contributed by atoms with Gasteiger partial charge in [0.1, 0.15) is 0 Å². The van der Waals surface area contributed by atoms with Crippen LogP contribution in [-0.2, 0) is 6.18 Å². The predicted octanol–water partition coefficient (Wildman–Crippen LogP) is 6.08. The Labute approximate surface area is 155 Å². The molecule has 3 aromatic rings. The van der Waals surface area contributed by atoms with Crippen LogP contribution >= 0.6 is 0 Å². The van der Waals surface area contributed by atoms with Crippen LogP contribution in [0.2, 0.25) is 0 Å². The number of hydrogen-bond donors (Lipinski definition) is 0. The highest BCUT2D eigenvalue weighted by Gasteiger charge is 2.33. The summed E-state index contributed by atoms with van der Waals surface area (Å²) in [4.78, 5) is 4.48. The fourth-order valence-electron chi connectivity index (χ4n) is 3.88. The summed E-state index contributed by atoms with van der Waals surface area (Å²) in [5.41, 5.74) is 0.684. The van der Waals surface area contributed by atoms with Gasteiger partial charge in [0.2, 0.25) is 11.7 Å². The summed E-state index contributed by atoms with van der Waals surface area (Å²) in [6.45, 7) is 0. The van der Waals surface area contributed by atoms with Gasteiger partial charge in [0.15, 0.2) is 0 Å². The average Bonchev–Trinajstić information content (AvgIpc) is 3.35. The molecule has 1 aliphatic rings. The number of nitrogens with zero attached hydrogens (tertiary/aromatic N) is 2. The molecule has 0 amide bonds. The molecular weight excluding hydrogens is 353 g/mol. The Morgan fingerprint density at radius 1 is 0.963 bits per heavy atom. The summed E-state index contributed by atoms with van der Waals surface area (Å²) >= 11 is 0. The maximum atomic E-state index is 13.0. The molecule has 0 radical (unpaired) electrons. The van der Waals surface area contributed by atoms with Crippen LogP contribution in [0.3, 0.4) is 0 Å². The van der Waals surface area contributed by atoms with E-state index in [0.717, 1.165) is 30.5 Å². The summed E-state index contributed by atoms with van der Waals surface area (Å²) in [7, 11) is 0. The van der Waals surface area contributed by atoms with Crippen molar-refractivity contribution in [1.82, 2.24) is 10.1 Å². The molecule has 27 heavy (non-hydrogen) atoms. The van der Waals surface area contributed by atoms with Crippen LogP contribution < -0.4 is 0 Å². The quantitative estimate of drug-likeness (QED) is 0.557. The van der Waals surface area contributed by atoms with E-state index in [4.69, 9.17) is 4.52 Å². The Hall–Kier alpha value is -2.63. The monoisotopic (exact) mass is 372 g/mol. The first-order valence-corrected chi connectivity index (χ1v) is 9.08. The number of halogens is 3. The lowest BCUT2D eigenvalue weighted by atomic mass is 9.85. The van der Waals surface area contributed by atoms with Crippen molar-refractivity contribution in [3.05, 3.63) is 71.6 Å². The third kappa shape index (κ3) is 3.75. The fraction of sp³-hybridized carbons (Fsp3) is 0.333. The number of rotatable bonds is 4. The first kappa shape index (κ1) is 17.8. The molecule has 6 heteroatoms. The van der Waals surface area contributed by atoms with Crippen molar-refractivity contribution in [2.24, 2.45) is 5.92 Å². The van der Waals surface area contributed by atoms with Crippen LogP contribution in [0.4, 0.5) is 13.2 Å². The van der Waals surface area contributed by atoms with Crippen LogP contribution in [0.15, 0.2) is 59.1 Å². The molecule has 4 rings (SSSR count). The van der Waals surface area contributed by atoms with Crippen LogP contribution in [0.25, 0.3) is 11.4 Å². The Bertz CT molecular complexity index is 899. The molecule has 140 valence electrons. The standard InChI is InChI=1S/C21H19F3N2O/c22-21(23,24)17-12-6-11-16(13-17)19-25-20(27-26-19)18(15-9-4-5-10-15)14-7-2-1-3-8-14/h1-3,6-8,11-13,15,18H,4-5,9-10H2/t18-/m1/s1. The Balaban J connectivity index is 1.69. The third-order valence-electron chi connectivity index (χ3n) is 5.19. The second-order valence-corrected chi connectivity index (χ2v) is 6.97. The maximum absolute atomic E-state index is 13.0. The Morgan fingerprint density at radius 3 is 2.41 bits per heavy atom. The highest BCUT2D eigenvalue weighted by molar-refractivity contribution is 5.56. The summed E-state index contributed by atoms with van der Waals surface area (Å²) in [5, 5.41) is 3.97. The summed E-state index contributed by atoms with van der Waals surface area (Å²) in [6, 6.07) is 15.0. The summed E-state index contributed by atoms with van der Waals surface area (Å²) in [6.07, 6.45) is 0.103. The average molecular weight is 372 g/mol. The second kappa shape index (κ2) is 7.18. The van der Waals surface area contributed by atoms with Crippen molar-refractivity contribution in [3.8, 4) is 11.4 Å². The summed E-state index contributed by atoms with van der Waals surface area (Å²) < 4.78 is 44.5. The second-order valence-electron chi connectivity index (χ2n) is 6.97. The van der Waals surface area contributed by atoms with Gasteiger partial charge >= 0.3 is 6.18 Å². The molecular formula is C21H19F3N2O. The largest absolute Gasteiger partial charge is 0.416 e. The molecule has 1 fully saturated rings. The van der Waals surface area contributed by atoms with Crippen molar-refractivity contribution in [2.45, 2.75) is 37.8 Å². The highest BCUT2D eigenvalue weighted by atomic mass is 19.4. The first-order chi connectivity index (χ1) is 13.0. The van der Waals surface area contributed by atoms with Crippen LogP contribution in [-0.4, -0.2) is 10.1 Å². The van der Waals surface area contributed by atoms with Gasteiger partial charge in [-0.25, -0.2) is 0 Å². The molecule has 0 unspecified atom stereocenters. The number of hydrogen-bond acceptors (Lipinski definition) is 3. The zero-order valence-corrected chi connectivity index (χ0v) is 14.6. The van der Waals surface area contributed by atoms with Crippen LogP contribution in [0, 0.1) is 5.92 Å². The van der Waals surface area contributed by atoms with Gasteiger partial charge in [-0.2, -0.15) is 18.2 Å². The third-order valence-corrected chi connectivity index (χ3v) is 5.19. The minimum atomic E-state index is -4.40. The normalized spacial score (nSPS) is 16.6. The molecule has 1 saturated carbocycles. The highest BCUT2D eigenvalue weighted by Crippen LogP contribution is 2.41. The van der Waals surface area contributed by atoms with Gasteiger partial charge in [0, 0.05) is 5.56 Å². The molecule has 1 aromatic heterocycles. The minimum Gasteiger partial charge on any atom is -0.338 e. The minimum absolute atomic E-state index is 0.0271. The van der Waals surface area contributed by atoms with Gasteiger partial charge in [-0.3, -0.25) is 0 Å². The molecule has 0 spiro atoms. The van der Waals surface area contributed by atoms with Gasteiger partial charge in [0.25, 0.3) is 0 Å². The zero-order valence-electron chi connectivity index (χ0n) is 14.6. The number of aromatic nitrogens is 2. The van der Waals surface area contributed by atoms with Crippen molar-refractivity contribution >= 4 is 0 Å². The molecule has 2 aromatic carbocycles. The molecule has 0 bridgehead atoms. The van der Waals surface area contributed by atoms with Crippen molar-refractivity contribution in [1.29, 1.82) is 0 Å². The molecule has 3 nitrogen and oxygen atoms in total. The molecule has 1 atom stereocenters. The Morgan fingerprint density at radius 2 is 1.70 bits per heavy atom. The maximum Gasteiger partial charge on any atom is 0.416 e. The lowest BCUT2D eigenvalue weighted by Crippen LogP contribution is -2.12. The van der Waals surface area contributed by atoms with Crippen LogP contribution in [0.1, 0.15) is 48.6 Å². The van der Waals surface area contributed by atoms with Gasteiger partial charge in [-0.05, 0) is 36.5 Å². The van der Waals surface area contributed by atoms with E-state index in [2.05, 4.69) is 10.1 Å². The lowest BCUT2D eigenvalue weighted by Gasteiger charge is -2.20. The SMILES string of the molecule is FC(F)(F)c1cccc(-c2noc([C@H](c3ccccc3)C3CCCC3)n2)c1. The van der Waals surface area contributed by atoms with E-state index in [1.54, 1.807) is 6.07 Å². The van der Waals surface area contributed by atoms with Crippen LogP contribution in [0.5, 0.6) is 0 Å². The van der Waals surface area contributed by atoms with E-state index < -0.39 is 11.7 Å². The number of alkyl halides is 3. The van der Waals surface area contributed by atoms with E-state index in [9.17, 15) is 13.2 Å². The van der Waals surface area contributed by atoms with E-state index in [-0.39, 0.29) is 11.7 Å². The molecule has 0 saturated heterocycles. The predicted molar refractivity (Wildman–Crippen MR) is 95.0 cm³/mol. The first-order valence-electron chi connectivity index (χ1n) is 9.08. The smallest absolute Gasteiger partial charge is 0.338 e. The van der Waals surface area contributed by atoms with E-state index in [1.165, 1.54) is 18.9 Å². The Kier molecular flexibility index (Phi) is 4.72. The fourth-order valence-corrected chi connectivity index (χ4v) is 3.88. The van der Waals surface area contributed by atoms with E-state index in [1.807, 2.05) is 30.3 Å². The van der Waals surface area contributed by atoms with Gasteiger partial charge < -0.3 is 4.52 Å². The summed E-state index contributed by atoms with van der Waals surface area (Å²) in [5.74, 6) is 1.04. The zero-order chi connectivity index (χ0) is 18.9. The van der Waals surface area contributed by atoms with Crippen molar-refractivity contribution in [3.63, 3.8) is 0 Å². The topological polar surface area (TPSA) is 38.9 Å². The van der Waals surface area contributed by atoms with Gasteiger partial charge in [0.05, 0.1) is 11.5 Å². The molecule has 1 aliphatic carbocycles.